The van der Waals surface area contributed by atoms with Crippen LogP contribution in [0.5, 0.6) is 11.5 Å². The van der Waals surface area contributed by atoms with Gasteiger partial charge in [-0.05, 0) is 81.1 Å². The second-order valence-corrected chi connectivity index (χ2v) is 14.5. The van der Waals surface area contributed by atoms with Crippen LogP contribution >= 0.6 is 0 Å². The van der Waals surface area contributed by atoms with Gasteiger partial charge in [-0.2, -0.15) is 13.2 Å². The number of aliphatic carboxylic acids is 1. The van der Waals surface area contributed by atoms with Crippen LogP contribution in [-0.2, 0) is 45.3 Å². The number of fused-ring (bicyclic) bond motifs is 1. The Bertz CT molecular complexity index is 1880. The first-order valence-corrected chi connectivity index (χ1v) is 17.1. The number of nitrogens with one attached hydrogen (secondary N) is 1. The van der Waals surface area contributed by atoms with Crippen molar-refractivity contribution in [1.29, 1.82) is 0 Å². The molecule has 1 heterocycles. The highest BCUT2D eigenvalue weighted by molar-refractivity contribution is 5.90. The normalized spacial score (nSPS) is 15.1. The Morgan fingerprint density at radius 2 is 1.40 bits per heavy atom. The van der Waals surface area contributed by atoms with E-state index >= 15 is 0 Å². The van der Waals surface area contributed by atoms with Gasteiger partial charge < -0.3 is 19.9 Å². The summed E-state index contributed by atoms with van der Waals surface area (Å²) in [6.45, 7) is 10.4. The minimum Gasteiger partial charge on any atom is -0.480 e. The molecule has 0 radical (unpaired) electrons. The van der Waals surface area contributed by atoms with Gasteiger partial charge in [0.2, 0.25) is 5.91 Å². The molecule has 2 amide bonds. The summed E-state index contributed by atoms with van der Waals surface area (Å²) in [6, 6.07) is 22.4. The molecule has 0 bridgehead atoms. The van der Waals surface area contributed by atoms with Gasteiger partial charge >= 0.3 is 18.2 Å². The molecule has 0 aromatic heterocycles. The van der Waals surface area contributed by atoms with E-state index < -0.39 is 41.8 Å². The lowest BCUT2D eigenvalue weighted by Crippen LogP contribution is -2.56. The van der Waals surface area contributed by atoms with Crippen LogP contribution in [0.25, 0.3) is 11.1 Å². The SMILES string of the molecule is CC(C)COC(=O)N1Cc2cc(Oc3ccc(C(C)(C)C)cc3)ccc2C[C@H]1C(=O)N[C@@H](Cc1ccc(-c2ccc(C(F)(F)F)cc2)cc1)C(=O)O. The lowest BCUT2D eigenvalue weighted by atomic mass is 9.87. The van der Waals surface area contributed by atoms with Crippen molar-refractivity contribution in [2.75, 3.05) is 6.61 Å². The van der Waals surface area contributed by atoms with Crippen LogP contribution in [0.15, 0.2) is 91.0 Å². The van der Waals surface area contributed by atoms with Crippen LogP contribution in [0.4, 0.5) is 18.0 Å². The number of rotatable bonds is 10. The fourth-order valence-electron chi connectivity index (χ4n) is 5.92. The summed E-state index contributed by atoms with van der Waals surface area (Å²) in [5.41, 5.74) is 3.81. The fraction of sp³-hybridized carbons (Fsp3) is 0.341. The van der Waals surface area contributed by atoms with Crippen molar-refractivity contribution < 1.29 is 42.1 Å². The van der Waals surface area contributed by atoms with E-state index in [0.29, 0.717) is 28.2 Å². The van der Waals surface area contributed by atoms with Gasteiger partial charge in [0.25, 0.3) is 0 Å². The predicted octanol–water partition coefficient (Wildman–Crippen LogP) is 8.79. The van der Waals surface area contributed by atoms with E-state index in [-0.39, 0.29) is 37.3 Å². The summed E-state index contributed by atoms with van der Waals surface area (Å²) >= 11 is 0. The minimum absolute atomic E-state index is 0.00215. The summed E-state index contributed by atoms with van der Waals surface area (Å²) in [6.07, 6.45) is -5.06. The fourth-order valence-corrected chi connectivity index (χ4v) is 5.92. The first-order valence-electron chi connectivity index (χ1n) is 17.1. The Kier molecular flexibility index (Phi) is 11.3. The number of carboxylic acids is 1. The molecule has 2 atom stereocenters. The van der Waals surface area contributed by atoms with Crippen LogP contribution in [-0.4, -0.2) is 46.7 Å². The first kappa shape index (κ1) is 37.9. The topological polar surface area (TPSA) is 105 Å². The third-order valence-electron chi connectivity index (χ3n) is 8.90. The minimum atomic E-state index is -4.44. The number of nitrogens with zero attached hydrogens (tertiary/aromatic N) is 1. The van der Waals surface area contributed by atoms with Gasteiger partial charge in [0.15, 0.2) is 0 Å². The molecule has 8 nitrogen and oxygen atoms in total. The van der Waals surface area contributed by atoms with Crippen LogP contribution in [0, 0.1) is 5.92 Å². The quantitative estimate of drug-likeness (QED) is 0.170. The highest BCUT2D eigenvalue weighted by Crippen LogP contribution is 2.33. The van der Waals surface area contributed by atoms with E-state index in [4.69, 9.17) is 9.47 Å². The van der Waals surface area contributed by atoms with Crippen molar-refractivity contribution in [2.24, 2.45) is 5.92 Å². The van der Waals surface area contributed by atoms with Gasteiger partial charge in [-0.3, -0.25) is 9.69 Å². The molecule has 11 heteroatoms. The molecular weight excluding hydrogens is 673 g/mol. The number of hydrogen-bond acceptors (Lipinski definition) is 5. The van der Waals surface area contributed by atoms with E-state index in [0.717, 1.165) is 23.3 Å². The van der Waals surface area contributed by atoms with Crippen molar-refractivity contribution >= 4 is 18.0 Å². The Morgan fingerprint density at radius 1 is 0.827 bits per heavy atom. The van der Waals surface area contributed by atoms with E-state index in [9.17, 15) is 32.7 Å². The second kappa shape index (κ2) is 15.5. The third kappa shape index (κ3) is 9.51. The maximum absolute atomic E-state index is 13.8. The van der Waals surface area contributed by atoms with Crippen LogP contribution < -0.4 is 10.1 Å². The average molecular weight is 717 g/mol. The second-order valence-electron chi connectivity index (χ2n) is 14.5. The number of amides is 2. The number of benzene rings is 4. The van der Waals surface area contributed by atoms with Gasteiger partial charge in [-0.15, -0.1) is 0 Å². The van der Waals surface area contributed by atoms with Gasteiger partial charge in [0, 0.05) is 12.8 Å². The predicted molar refractivity (Wildman–Crippen MR) is 191 cm³/mol. The number of alkyl halides is 3. The zero-order valence-corrected chi connectivity index (χ0v) is 29.8. The smallest absolute Gasteiger partial charge is 0.416 e. The molecule has 0 fully saturated rings. The molecule has 4 aromatic carbocycles. The first-order chi connectivity index (χ1) is 24.5. The Hall–Kier alpha value is -5.32. The van der Waals surface area contributed by atoms with Crippen LogP contribution in [0.3, 0.4) is 0 Å². The lowest BCUT2D eigenvalue weighted by molar-refractivity contribution is -0.142. The molecule has 0 saturated carbocycles. The number of ether oxygens (including phenoxy) is 2. The summed E-state index contributed by atoms with van der Waals surface area (Å²) < 4.78 is 50.6. The Morgan fingerprint density at radius 3 is 1.96 bits per heavy atom. The zero-order valence-electron chi connectivity index (χ0n) is 29.8. The standard InChI is InChI=1S/C41H43F3N2O6/c1-25(2)24-51-39(50)46-23-30-21-34(52-33-18-15-31(16-19-33)40(3,4)5)17-12-29(30)22-36(46)37(47)45-35(38(48)49)20-26-6-8-27(9-7-26)28-10-13-32(14-11-28)41(42,43)44/h6-19,21,25,35-36H,20,22-24H2,1-5H3,(H,45,47)(H,48,49)/t35-,36-/m0/s1. The summed E-state index contributed by atoms with van der Waals surface area (Å²) in [5.74, 6) is -0.623. The van der Waals surface area contributed by atoms with Crippen molar-refractivity contribution in [3.8, 4) is 22.6 Å². The van der Waals surface area contributed by atoms with Gasteiger partial charge in [-0.1, -0.05) is 89.2 Å². The zero-order chi connectivity index (χ0) is 37.8. The molecule has 0 spiro atoms. The van der Waals surface area contributed by atoms with Crippen molar-refractivity contribution in [2.45, 2.75) is 77.7 Å². The molecule has 52 heavy (non-hydrogen) atoms. The molecule has 2 N–H and O–H groups in total. The number of carbonyl (C=O) groups is 3. The highest BCUT2D eigenvalue weighted by atomic mass is 19.4. The Balaban J connectivity index is 1.31. The van der Waals surface area contributed by atoms with Gasteiger partial charge in [-0.25, -0.2) is 9.59 Å². The molecule has 1 aliphatic rings. The monoisotopic (exact) mass is 716 g/mol. The molecule has 0 aliphatic carbocycles. The molecular formula is C41H43F3N2O6. The van der Waals surface area contributed by atoms with Crippen LogP contribution in [0.1, 0.15) is 62.4 Å². The number of carbonyl (C=O) groups excluding carboxylic acids is 2. The molecule has 5 rings (SSSR count). The van der Waals surface area contributed by atoms with Gasteiger partial charge in [0.05, 0.1) is 18.7 Å². The molecule has 1 aliphatic heterocycles. The van der Waals surface area contributed by atoms with E-state index in [1.807, 2.05) is 50.2 Å². The van der Waals surface area contributed by atoms with E-state index in [1.165, 1.54) is 22.6 Å². The average Bonchev–Trinajstić information content (AvgIpc) is 3.09. The lowest BCUT2D eigenvalue weighted by Gasteiger charge is -2.36. The largest absolute Gasteiger partial charge is 0.480 e. The highest BCUT2D eigenvalue weighted by Gasteiger charge is 2.38. The number of carboxylic acid groups (broad SMARTS) is 1. The summed E-state index contributed by atoms with van der Waals surface area (Å²) in [4.78, 5) is 40.8. The van der Waals surface area contributed by atoms with Crippen molar-refractivity contribution in [3.63, 3.8) is 0 Å². The number of hydrogen-bond donors (Lipinski definition) is 2. The summed E-state index contributed by atoms with van der Waals surface area (Å²) in [7, 11) is 0. The van der Waals surface area contributed by atoms with Crippen molar-refractivity contribution in [1.82, 2.24) is 10.2 Å². The molecule has 0 saturated heterocycles. The summed E-state index contributed by atoms with van der Waals surface area (Å²) in [5, 5.41) is 12.7. The Labute approximate surface area is 301 Å². The molecule has 0 unspecified atom stereocenters. The van der Waals surface area contributed by atoms with Crippen molar-refractivity contribution in [3.05, 3.63) is 119 Å². The van der Waals surface area contributed by atoms with E-state index in [1.54, 1.807) is 30.3 Å². The van der Waals surface area contributed by atoms with Gasteiger partial charge in [0.1, 0.15) is 23.6 Å². The number of halogens is 3. The third-order valence-corrected chi connectivity index (χ3v) is 8.90. The maximum atomic E-state index is 13.8. The maximum Gasteiger partial charge on any atom is 0.416 e. The molecule has 4 aromatic rings. The molecule has 274 valence electrons. The van der Waals surface area contributed by atoms with E-state index in [2.05, 4.69) is 26.1 Å². The van der Waals surface area contributed by atoms with Crippen LogP contribution in [0.2, 0.25) is 0 Å².